The number of nitrogens with one attached hydrogen (secondary N) is 3. The first-order chi connectivity index (χ1) is 13.5. The number of nitrogens with zero attached hydrogens (tertiary/aromatic N) is 3. The van der Waals surface area contributed by atoms with Gasteiger partial charge in [0.25, 0.3) is 0 Å². The summed E-state index contributed by atoms with van der Waals surface area (Å²) in [5.41, 5.74) is -0.980. The molecule has 11 heteroatoms. The Kier molecular flexibility index (Phi) is 11.9. The number of alkyl halides is 3. The molecule has 0 amide bonds. The lowest BCUT2D eigenvalue weighted by Gasteiger charge is -2.13. The third-order valence-electron chi connectivity index (χ3n) is 3.42. The number of hydrogen-bond donors (Lipinski definition) is 3. The summed E-state index contributed by atoms with van der Waals surface area (Å²) in [6.07, 6.45) is -1.26. The fourth-order valence-corrected chi connectivity index (χ4v) is 1.99. The van der Waals surface area contributed by atoms with E-state index in [1.807, 2.05) is 0 Å². The summed E-state index contributed by atoms with van der Waals surface area (Å²) in [5, 5.41) is 8.84. The molecule has 0 unspecified atom stereocenters. The van der Waals surface area contributed by atoms with E-state index in [1.54, 1.807) is 7.05 Å². The highest BCUT2D eigenvalue weighted by Gasteiger charge is 2.32. The van der Waals surface area contributed by atoms with E-state index in [1.165, 1.54) is 0 Å². The topological polar surface area (TPSA) is 92.7 Å². The largest absolute Gasteiger partial charge is 0.433 e. The zero-order valence-electron chi connectivity index (χ0n) is 16.3. The Morgan fingerprint density at radius 2 is 1.79 bits per heavy atom. The van der Waals surface area contributed by atoms with Gasteiger partial charge in [0.1, 0.15) is 5.69 Å². The van der Waals surface area contributed by atoms with Crippen molar-refractivity contribution >= 4 is 11.9 Å². The number of aliphatic imine (C=N–C) groups is 1. The van der Waals surface area contributed by atoms with Crippen molar-refractivity contribution in [2.45, 2.75) is 25.9 Å². The van der Waals surface area contributed by atoms with Gasteiger partial charge in [-0.15, -0.1) is 0 Å². The summed E-state index contributed by atoms with van der Waals surface area (Å²) in [7, 11) is 1.63. The number of rotatable bonds is 13. The second kappa shape index (κ2) is 13.9. The molecule has 0 aromatic carbocycles. The van der Waals surface area contributed by atoms with Crippen LogP contribution in [0.25, 0.3) is 0 Å². The molecule has 0 spiro atoms. The lowest BCUT2D eigenvalue weighted by molar-refractivity contribution is -0.141. The van der Waals surface area contributed by atoms with E-state index in [0.29, 0.717) is 45.4 Å². The molecular formula is C17H29F3N6O2. The first-order valence-electron chi connectivity index (χ1n) is 9.21. The van der Waals surface area contributed by atoms with Crippen LogP contribution in [0.4, 0.5) is 19.1 Å². The minimum absolute atomic E-state index is 0.0749. The van der Waals surface area contributed by atoms with Crippen LogP contribution in [-0.4, -0.2) is 69.0 Å². The van der Waals surface area contributed by atoms with Crippen molar-refractivity contribution in [2.24, 2.45) is 4.99 Å². The fourth-order valence-electron chi connectivity index (χ4n) is 1.99. The molecule has 28 heavy (non-hydrogen) atoms. The van der Waals surface area contributed by atoms with Gasteiger partial charge >= 0.3 is 6.18 Å². The summed E-state index contributed by atoms with van der Waals surface area (Å²) in [6.45, 7) is 5.82. The normalized spacial score (nSPS) is 12.1. The summed E-state index contributed by atoms with van der Waals surface area (Å²) < 4.78 is 48.6. The highest BCUT2D eigenvalue weighted by Crippen LogP contribution is 2.27. The quantitative estimate of drug-likeness (QED) is 0.262. The summed E-state index contributed by atoms with van der Waals surface area (Å²) in [6, 6.07) is 0.828. The van der Waals surface area contributed by atoms with Crippen molar-refractivity contribution in [1.82, 2.24) is 20.6 Å². The molecule has 1 heterocycles. The molecule has 0 radical (unpaired) electrons. The van der Waals surface area contributed by atoms with E-state index in [9.17, 15) is 13.2 Å². The summed E-state index contributed by atoms with van der Waals surface area (Å²) in [4.78, 5) is 11.3. The maximum Gasteiger partial charge on any atom is 0.433 e. The number of hydrogen-bond acceptors (Lipinski definition) is 6. The number of anilines is 1. The maximum absolute atomic E-state index is 12.6. The summed E-state index contributed by atoms with van der Waals surface area (Å²) >= 11 is 0. The van der Waals surface area contributed by atoms with Gasteiger partial charge in [-0.1, -0.05) is 13.3 Å². The minimum atomic E-state index is -4.49. The monoisotopic (exact) mass is 406 g/mol. The minimum Gasteiger partial charge on any atom is -0.379 e. The lowest BCUT2D eigenvalue weighted by Crippen LogP contribution is -2.41. The first kappa shape index (κ1) is 23.9. The van der Waals surface area contributed by atoms with Crippen LogP contribution in [0.3, 0.4) is 0 Å². The Labute approximate surface area is 163 Å². The van der Waals surface area contributed by atoms with Crippen LogP contribution in [0.15, 0.2) is 17.3 Å². The average Bonchev–Trinajstić information content (AvgIpc) is 2.68. The van der Waals surface area contributed by atoms with Gasteiger partial charge in [0, 0.05) is 39.5 Å². The molecule has 160 valence electrons. The van der Waals surface area contributed by atoms with Crippen LogP contribution >= 0.6 is 0 Å². The van der Waals surface area contributed by atoms with Crippen LogP contribution in [0.2, 0.25) is 0 Å². The maximum atomic E-state index is 12.6. The average molecular weight is 406 g/mol. The summed E-state index contributed by atoms with van der Waals surface area (Å²) in [5.74, 6) is 0.490. The zero-order chi connectivity index (χ0) is 20.7. The standard InChI is InChI=1S/C17H29F3N6O2/c1-3-4-10-27-12-13-28-11-9-25-15(21-2)23-7-8-24-16-22-6-5-14(26-16)17(18,19)20/h5-6H,3-4,7-13H2,1-2H3,(H2,21,23,25)(H,22,24,26). The molecule has 0 atom stereocenters. The smallest absolute Gasteiger partial charge is 0.379 e. The van der Waals surface area contributed by atoms with E-state index in [2.05, 4.69) is 37.8 Å². The number of ether oxygens (including phenoxy) is 2. The van der Waals surface area contributed by atoms with Crippen molar-refractivity contribution < 1.29 is 22.6 Å². The molecule has 1 aromatic rings. The van der Waals surface area contributed by atoms with Gasteiger partial charge in [-0.3, -0.25) is 4.99 Å². The van der Waals surface area contributed by atoms with E-state index >= 15 is 0 Å². The van der Waals surface area contributed by atoms with Gasteiger partial charge in [-0.2, -0.15) is 13.2 Å². The van der Waals surface area contributed by atoms with Crippen molar-refractivity contribution in [1.29, 1.82) is 0 Å². The van der Waals surface area contributed by atoms with E-state index < -0.39 is 11.9 Å². The van der Waals surface area contributed by atoms with Crippen LogP contribution in [0.5, 0.6) is 0 Å². The second-order valence-electron chi connectivity index (χ2n) is 5.69. The van der Waals surface area contributed by atoms with Crippen molar-refractivity contribution in [3.63, 3.8) is 0 Å². The van der Waals surface area contributed by atoms with E-state index in [0.717, 1.165) is 31.7 Å². The molecule has 0 saturated heterocycles. The van der Waals surface area contributed by atoms with Gasteiger partial charge in [0.05, 0.1) is 19.8 Å². The zero-order valence-corrected chi connectivity index (χ0v) is 16.3. The Morgan fingerprint density at radius 3 is 2.46 bits per heavy atom. The van der Waals surface area contributed by atoms with Crippen LogP contribution < -0.4 is 16.0 Å². The van der Waals surface area contributed by atoms with Gasteiger partial charge in [0.2, 0.25) is 5.95 Å². The number of halogens is 3. The van der Waals surface area contributed by atoms with Crippen LogP contribution in [-0.2, 0) is 15.7 Å². The third kappa shape index (κ3) is 10.9. The molecular weight excluding hydrogens is 377 g/mol. The number of aromatic nitrogens is 2. The molecule has 0 fully saturated rings. The fraction of sp³-hybridized carbons (Fsp3) is 0.706. The van der Waals surface area contributed by atoms with Crippen molar-refractivity contribution in [2.75, 3.05) is 58.4 Å². The van der Waals surface area contributed by atoms with Crippen LogP contribution in [0, 0.1) is 0 Å². The Balaban J connectivity index is 2.12. The molecule has 0 saturated carbocycles. The molecule has 0 aliphatic heterocycles. The van der Waals surface area contributed by atoms with Crippen molar-refractivity contribution in [3.8, 4) is 0 Å². The SMILES string of the molecule is CCCCOCCOCCNC(=NC)NCCNc1nccc(C(F)(F)F)n1. The van der Waals surface area contributed by atoms with E-state index in [-0.39, 0.29) is 5.95 Å². The van der Waals surface area contributed by atoms with Gasteiger partial charge in [-0.05, 0) is 12.5 Å². The van der Waals surface area contributed by atoms with Crippen molar-refractivity contribution in [3.05, 3.63) is 18.0 Å². The van der Waals surface area contributed by atoms with Gasteiger partial charge < -0.3 is 25.4 Å². The predicted molar refractivity (Wildman–Crippen MR) is 101 cm³/mol. The highest BCUT2D eigenvalue weighted by molar-refractivity contribution is 5.79. The van der Waals surface area contributed by atoms with E-state index in [4.69, 9.17) is 9.47 Å². The Morgan fingerprint density at radius 1 is 1.07 bits per heavy atom. The predicted octanol–water partition coefficient (Wildman–Crippen LogP) is 1.91. The van der Waals surface area contributed by atoms with Gasteiger partial charge in [-0.25, -0.2) is 9.97 Å². The molecule has 0 aliphatic carbocycles. The molecule has 1 rings (SSSR count). The Hall–Kier alpha value is -2.14. The molecule has 8 nitrogen and oxygen atoms in total. The number of guanidine groups is 1. The first-order valence-corrected chi connectivity index (χ1v) is 9.21. The van der Waals surface area contributed by atoms with Gasteiger partial charge in [0.15, 0.2) is 5.96 Å². The van der Waals surface area contributed by atoms with Crippen LogP contribution in [0.1, 0.15) is 25.5 Å². The lowest BCUT2D eigenvalue weighted by atomic mass is 10.4. The molecule has 3 N–H and O–H groups in total. The molecule has 0 bridgehead atoms. The second-order valence-corrected chi connectivity index (χ2v) is 5.69. The number of unbranched alkanes of at least 4 members (excludes halogenated alkanes) is 1. The highest BCUT2D eigenvalue weighted by atomic mass is 19.4. The third-order valence-corrected chi connectivity index (χ3v) is 3.42. The molecule has 1 aromatic heterocycles. The molecule has 0 aliphatic rings. The Bertz CT molecular complexity index is 572.